The molecule has 0 bridgehead atoms. The fourth-order valence-corrected chi connectivity index (χ4v) is 13.5. The van der Waals surface area contributed by atoms with Gasteiger partial charge in [0.25, 0.3) is 6.71 Å². The van der Waals surface area contributed by atoms with E-state index in [-0.39, 0.29) is 28.4 Å². The van der Waals surface area contributed by atoms with Gasteiger partial charge >= 0.3 is 0 Å². The van der Waals surface area contributed by atoms with Gasteiger partial charge in [0.2, 0.25) is 0 Å². The minimum atomic E-state index is -0.0659. The van der Waals surface area contributed by atoms with Gasteiger partial charge in [0.05, 0.1) is 5.69 Å². The molecule has 2 heterocycles. The molecule has 13 rings (SSSR count). The molecule has 0 saturated heterocycles. The summed E-state index contributed by atoms with van der Waals surface area (Å²) in [6.45, 7) is 22.0. The minimum absolute atomic E-state index is 0.00116. The van der Waals surface area contributed by atoms with Crippen molar-refractivity contribution < 1.29 is 0 Å². The highest BCUT2D eigenvalue weighted by Crippen LogP contribution is 2.54. The molecule has 2 aliphatic heterocycles. The molecule has 9 aromatic rings. The first-order valence-corrected chi connectivity index (χ1v) is 27.5. The first-order chi connectivity index (χ1) is 36.1. The highest BCUT2D eigenvalue weighted by atomic mass is 15.2. The Morgan fingerprint density at radius 2 is 0.813 bits per heavy atom. The lowest BCUT2D eigenvalue weighted by Crippen LogP contribution is -2.62. The number of nitrogens with zero attached hydrogens (tertiary/aromatic N) is 3. The molecule has 0 saturated carbocycles. The lowest BCUT2D eigenvalue weighted by atomic mass is 9.33. The number of hydrogen-bond donors (Lipinski definition) is 0. The zero-order valence-corrected chi connectivity index (χ0v) is 45.3. The van der Waals surface area contributed by atoms with Gasteiger partial charge in [-0.15, -0.1) is 0 Å². The monoisotopic (exact) mass is 974 g/mol. The fourth-order valence-electron chi connectivity index (χ4n) is 13.5. The Labute approximate surface area is 446 Å². The van der Waals surface area contributed by atoms with Gasteiger partial charge in [-0.05, 0) is 187 Å². The van der Waals surface area contributed by atoms with Gasteiger partial charge in [0.15, 0.2) is 0 Å². The van der Waals surface area contributed by atoms with Crippen molar-refractivity contribution in [1.29, 1.82) is 0 Å². The third-order valence-electron chi connectivity index (χ3n) is 18.1. The van der Waals surface area contributed by atoms with Crippen LogP contribution in [0.1, 0.15) is 109 Å². The molecule has 0 N–H and O–H groups in total. The highest BCUT2D eigenvalue weighted by Gasteiger charge is 2.48. The van der Waals surface area contributed by atoms with Crippen molar-refractivity contribution in [2.45, 2.75) is 110 Å². The van der Waals surface area contributed by atoms with E-state index in [4.69, 9.17) is 0 Å². The van der Waals surface area contributed by atoms with Crippen LogP contribution in [0.3, 0.4) is 0 Å². The SMILES string of the molecule is Cc1ccc(-c2ccccc2)cc1N1c2ccc(-c3ccccc3)cc2B2c3cc4c(cc3N(c3ccc5c(c3)C(C)(C)CCC5(C)C)c3cc(N(c5ccccc5)c5ccccc5)cc1c32)C(C)(C)CCC4(C)C. The van der Waals surface area contributed by atoms with Crippen LogP contribution >= 0.6 is 0 Å². The summed E-state index contributed by atoms with van der Waals surface area (Å²) in [6, 6.07) is 76.1. The van der Waals surface area contributed by atoms with E-state index in [0.717, 1.165) is 36.3 Å². The van der Waals surface area contributed by atoms with E-state index in [1.165, 1.54) is 107 Å². The van der Waals surface area contributed by atoms with Crippen LogP contribution in [0.15, 0.2) is 200 Å². The van der Waals surface area contributed by atoms with Crippen LogP contribution in [0, 0.1) is 6.92 Å². The number of anilines is 9. The lowest BCUT2D eigenvalue weighted by Gasteiger charge is -2.48. The maximum atomic E-state index is 2.70. The third kappa shape index (κ3) is 7.69. The average Bonchev–Trinajstić information content (AvgIpc) is 3.43. The standard InChI is InChI=1S/C71H68BN3/c1-47-30-31-51(49-24-16-11-17-25-49)41-63(47)75-62-35-32-50(48-22-14-10-15-23-48)40-60(62)72-61-45-58-59(71(8,9)39-38-70(58,6)7)46-64(61)74(54-33-34-56-57(42-54)69(4,5)37-36-68(56,2)3)65-43-55(44-66(75)67(65)72)73(52-26-18-12-19-27-52)53-28-20-13-21-29-53/h10-35,40-46H,36-39H2,1-9H3. The molecule has 4 heteroatoms. The van der Waals surface area contributed by atoms with E-state index < -0.39 is 0 Å². The molecule has 0 radical (unpaired) electrons. The number of fused-ring (bicyclic) bond motifs is 6. The smallest absolute Gasteiger partial charge is 0.252 e. The van der Waals surface area contributed by atoms with Crippen LogP contribution in [0.2, 0.25) is 0 Å². The number of para-hydroxylation sites is 2. The van der Waals surface area contributed by atoms with E-state index in [2.05, 4.69) is 277 Å². The van der Waals surface area contributed by atoms with Crippen LogP contribution in [0.4, 0.5) is 51.2 Å². The normalized spacial score (nSPS) is 17.0. The largest absolute Gasteiger partial charge is 0.311 e. The molecule has 3 nitrogen and oxygen atoms in total. The quantitative estimate of drug-likeness (QED) is 0.147. The van der Waals surface area contributed by atoms with Crippen molar-refractivity contribution in [3.8, 4) is 22.3 Å². The minimum Gasteiger partial charge on any atom is -0.311 e. The molecule has 4 aliphatic rings. The maximum Gasteiger partial charge on any atom is 0.252 e. The Morgan fingerprint density at radius 3 is 1.39 bits per heavy atom. The third-order valence-corrected chi connectivity index (χ3v) is 18.1. The molecule has 370 valence electrons. The van der Waals surface area contributed by atoms with E-state index in [1.54, 1.807) is 0 Å². The second kappa shape index (κ2) is 17.2. The lowest BCUT2D eigenvalue weighted by molar-refractivity contribution is 0.332. The second-order valence-corrected chi connectivity index (χ2v) is 24.7. The summed E-state index contributed by atoms with van der Waals surface area (Å²) < 4.78 is 0. The van der Waals surface area contributed by atoms with E-state index >= 15 is 0 Å². The van der Waals surface area contributed by atoms with Crippen molar-refractivity contribution in [2.24, 2.45) is 0 Å². The highest BCUT2D eigenvalue weighted by molar-refractivity contribution is 7.00. The first-order valence-electron chi connectivity index (χ1n) is 27.5. The maximum absolute atomic E-state index is 2.70. The summed E-state index contributed by atoms with van der Waals surface area (Å²) >= 11 is 0. The van der Waals surface area contributed by atoms with E-state index in [9.17, 15) is 0 Å². The van der Waals surface area contributed by atoms with Gasteiger partial charge in [0.1, 0.15) is 0 Å². The summed E-state index contributed by atoms with van der Waals surface area (Å²) in [4.78, 5) is 7.80. The fraction of sp³-hybridized carbons (Fsp3) is 0.239. The van der Waals surface area contributed by atoms with Crippen molar-refractivity contribution in [2.75, 3.05) is 14.7 Å². The zero-order valence-electron chi connectivity index (χ0n) is 45.3. The molecule has 2 aliphatic carbocycles. The summed E-state index contributed by atoms with van der Waals surface area (Å²) in [5.74, 6) is 0. The Kier molecular flexibility index (Phi) is 10.9. The molecule has 75 heavy (non-hydrogen) atoms. The molecule has 0 atom stereocenters. The predicted octanol–water partition coefficient (Wildman–Crippen LogP) is 17.6. The van der Waals surface area contributed by atoms with Gasteiger partial charge in [-0.1, -0.05) is 189 Å². The predicted molar refractivity (Wildman–Crippen MR) is 321 cm³/mol. The van der Waals surface area contributed by atoms with Crippen molar-refractivity contribution in [3.05, 3.63) is 228 Å². The van der Waals surface area contributed by atoms with Crippen molar-refractivity contribution in [3.63, 3.8) is 0 Å². The van der Waals surface area contributed by atoms with Crippen LogP contribution < -0.4 is 31.1 Å². The number of rotatable bonds is 7. The van der Waals surface area contributed by atoms with Gasteiger partial charge in [0, 0.05) is 45.5 Å². The summed E-state index contributed by atoms with van der Waals surface area (Å²) in [6.07, 6.45) is 4.62. The van der Waals surface area contributed by atoms with Crippen molar-refractivity contribution >= 4 is 74.3 Å². The molecule has 0 fully saturated rings. The summed E-state index contributed by atoms with van der Waals surface area (Å²) in [7, 11) is 0. The van der Waals surface area contributed by atoms with Crippen LogP contribution in [0.5, 0.6) is 0 Å². The second-order valence-electron chi connectivity index (χ2n) is 24.7. The first kappa shape index (κ1) is 47.2. The zero-order chi connectivity index (χ0) is 51.6. The van der Waals surface area contributed by atoms with Gasteiger partial charge in [-0.25, -0.2) is 0 Å². The Morgan fingerprint density at radius 1 is 0.347 bits per heavy atom. The molecule has 0 amide bonds. The van der Waals surface area contributed by atoms with Crippen LogP contribution in [-0.4, -0.2) is 6.71 Å². The molecule has 0 aromatic heterocycles. The topological polar surface area (TPSA) is 9.72 Å². The van der Waals surface area contributed by atoms with Gasteiger partial charge in [-0.2, -0.15) is 0 Å². The Balaban J connectivity index is 1.19. The van der Waals surface area contributed by atoms with Crippen molar-refractivity contribution in [1.82, 2.24) is 0 Å². The van der Waals surface area contributed by atoms with E-state index in [1.807, 2.05) is 0 Å². The Hall–Kier alpha value is -7.56. The molecular weight excluding hydrogens is 906 g/mol. The van der Waals surface area contributed by atoms with E-state index in [0.29, 0.717) is 0 Å². The summed E-state index contributed by atoms with van der Waals surface area (Å²) in [5.41, 5.74) is 26.8. The van der Waals surface area contributed by atoms with Gasteiger partial charge < -0.3 is 14.7 Å². The molecular formula is C71H68BN3. The number of benzene rings is 9. The molecule has 0 spiro atoms. The number of aryl methyl sites for hydroxylation is 1. The molecule has 0 unspecified atom stereocenters. The average molecular weight is 974 g/mol. The molecule has 9 aromatic carbocycles. The Bertz CT molecular complexity index is 3650. The number of hydrogen-bond acceptors (Lipinski definition) is 3. The van der Waals surface area contributed by atoms with Crippen LogP contribution in [0.25, 0.3) is 22.3 Å². The van der Waals surface area contributed by atoms with Crippen LogP contribution in [-0.2, 0) is 21.7 Å². The van der Waals surface area contributed by atoms with Gasteiger partial charge in [-0.3, -0.25) is 0 Å². The summed E-state index contributed by atoms with van der Waals surface area (Å²) in [5, 5.41) is 0.